The van der Waals surface area contributed by atoms with E-state index in [1.54, 1.807) is 55.6 Å². The standard InChI is InChI=1S/C24H20F3NO4.C7H10N2/c1-15(16-10-12-18(13-11-16)24(25,26)27)32-23(31)28-14-17-6-2-3-7-19(17)20-8-4-5-9-21(20)22(29)30;8-5-4-7-3-1-2-6-9-7/h2-13,15H,14H2,1H3,(H,28,31)(H,29,30);1-3,6H,4-5,8H2/t15-;/m0./s1. The molecule has 0 saturated heterocycles. The Hall–Kier alpha value is -4.70. The van der Waals surface area contributed by atoms with Crippen LogP contribution in [0.4, 0.5) is 18.0 Å². The maximum absolute atomic E-state index is 12.7. The minimum absolute atomic E-state index is 0.0721. The van der Waals surface area contributed by atoms with Crippen molar-refractivity contribution in [1.29, 1.82) is 0 Å². The van der Waals surface area contributed by atoms with E-state index in [1.165, 1.54) is 18.2 Å². The topological polar surface area (TPSA) is 115 Å². The number of aromatic nitrogens is 1. The molecule has 0 aliphatic heterocycles. The quantitative estimate of drug-likeness (QED) is 0.221. The number of alkyl carbamates (subject to hydrolysis) is 1. The molecule has 41 heavy (non-hydrogen) atoms. The van der Waals surface area contributed by atoms with E-state index < -0.39 is 29.9 Å². The maximum atomic E-state index is 12.7. The van der Waals surface area contributed by atoms with Crippen LogP contribution in [-0.4, -0.2) is 28.7 Å². The van der Waals surface area contributed by atoms with Gasteiger partial charge in [-0.25, -0.2) is 9.59 Å². The van der Waals surface area contributed by atoms with Gasteiger partial charge in [0.05, 0.1) is 11.1 Å². The average molecular weight is 566 g/mol. The molecule has 4 aromatic rings. The third-order valence-electron chi connectivity index (χ3n) is 6.01. The zero-order chi connectivity index (χ0) is 29.8. The second-order valence-electron chi connectivity index (χ2n) is 8.89. The van der Waals surface area contributed by atoms with Crippen LogP contribution in [0, 0.1) is 0 Å². The van der Waals surface area contributed by atoms with Crippen molar-refractivity contribution in [3.05, 3.63) is 125 Å². The molecule has 1 amide bonds. The molecule has 7 nitrogen and oxygen atoms in total. The molecule has 4 rings (SSSR count). The maximum Gasteiger partial charge on any atom is 0.416 e. The van der Waals surface area contributed by atoms with Crippen molar-refractivity contribution in [1.82, 2.24) is 10.3 Å². The number of nitrogens with zero attached hydrogens (tertiary/aromatic N) is 1. The minimum Gasteiger partial charge on any atom is -0.478 e. The first kappa shape index (κ1) is 30.8. The second-order valence-corrected chi connectivity index (χ2v) is 8.89. The van der Waals surface area contributed by atoms with Gasteiger partial charge in [-0.15, -0.1) is 0 Å². The summed E-state index contributed by atoms with van der Waals surface area (Å²) in [6.07, 6.45) is -3.29. The van der Waals surface area contributed by atoms with Crippen molar-refractivity contribution in [3.8, 4) is 11.1 Å². The van der Waals surface area contributed by atoms with Gasteiger partial charge in [0, 0.05) is 24.9 Å². The number of ether oxygens (including phenoxy) is 1. The molecule has 1 aromatic heterocycles. The molecule has 0 saturated carbocycles. The lowest BCUT2D eigenvalue weighted by atomic mass is 9.95. The molecule has 0 aliphatic rings. The number of benzene rings is 3. The lowest BCUT2D eigenvalue weighted by molar-refractivity contribution is -0.137. The number of nitrogens with two attached hydrogens (primary N) is 1. The first-order valence-corrected chi connectivity index (χ1v) is 12.7. The largest absolute Gasteiger partial charge is 0.478 e. The van der Waals surface area contributed by atoms with Gasteiger partial charge in [-0.2, -0.15) is 13.2 Å². The number of alkyl halides is 3. The van der Waals surface area contributed by atoms with Crippen LogP contribution in [-0.2, 0) is 23.9 Å². The number of hydrogen-bond donors (Lipinski definition) is 3. The fourth-order valence-electron chi connectivity index (χ4n) is 3.92. The Morgan fingerprint density at radius 2 is 1.56 bits per heavy atom. The average Bonchev–Trinajstić information content (AvgIpc) is 2.97. The Bertz CT molecular complexity index is 1430. The van der Waals surface area contributed by atoms with Crippen LogP contribution in [0.15, 0.2) is 97.2 Å². The van der Waals surface area contributed by atoms with Crippen molar-refractivity contribution in [3.63, 3.8) is 0 Å². The highest BCUT2D eigenvalue weighted by Gasteiger charge is 2.30. The number of carboxylic acid groups (broad SMARTS) is 1. The van der Waals surface area contributed by atoms with Crippen molar-refractivity contribution < 1.29 is 32.6 Å². The Balaban J connectivity index is 0.000000436. The number of carbonyl (C=O) groups is 2. The first-order valence-electron chi connectivity index (χ1n) is 12.7. The van der Waals surface area contributed by atoms with Crippen LogP contribution >= 0.6 is 0 Å². The molecule has 0 bridgehead atoms. The number of carbonyl (C=O) groups excluding carboxylic acids is 1. The SMILES string of the molecule is C[C@H](OC(=O)NCc1ccccc1-c1ccccc1C(=O)O)c1ccc(C(F)(F)F)cc1.NCCc1ccccn1. The van der Waals surface area contributed by atoms with E-state index in [0.717, 1.165) is 24.2 Å². The third kappa shape index (κ3) is 9.18. The predicted molar refractivity (Wildman–Crippen MR) is 149 cm³/mol. The van der Waals surface area contributed by atoms with E-state index in [0.29, 0.717) is 28.8 Å². The Morgan fingerprint density at radius 1 is 0.927 bits per heavy atom. The number of carboxylic acids is 1. The molecule has 214 valence electrons. The van der Waals surface area contributed by atoms with Gasteiger partial charge in [0.15, 0.2) is 0 Å². The number of amides is 1. The molecule has 4 N–H and O–H groups in total. The summed E-state index contributed by atoms with van der Waals surface area (Å²) in [7, 11) is 0. The first-order chi connectivity index (χ1) is 19.6. The van der Waals surface area contributed by atoms with Gasteiger partial charge >= 0.3 is 18.2 Å². The van der Waals surface area contributed by atoms with Crippen LogP contribution in [0.2, 0.25) is 0 Å². The van der Waals surface area contributed by atoms with Gasteiger partial charge in [-0.3, -0.25) is 4.98 Å². The highest BCUT2D eigenvalue weighted by molar-refractivity contribution is 5.96. The lowest BCUT2D eigenvalue weighted by Crippen LogP contribution is -2.25. The van der Waals surface area contributed by atoms with Gasteiger partial charge in [-0.05, 0) is 66.1 Å². The van der Waals surface area contributed by atoms with Crippen molar-refractivity contribution in [2.24, 2.45) is 5.73 Å². The molecule has 0 radical (unpaired) electrons. The zero-order valence-corrected chi connectivity index (χ0v) is 22.3. The van der Waals surface area contributed by atoms with Crippen LogP contribution in [0.25, 0.3) is 11.1 Å². The number of hydrogen-bond acceptors (Lipinski definition) is 5. The van der Waals surface area contributed by atoms with Crippen molar-refractivity contribution in [2.75, 3.05) is 6.54 Å². The lowest BCUT2D eigenvalue weighted by Gasteiger charge is -2.16. The van der Waals surface area contributed by atoms with Crippen LogP contribution in [0.3, 0.4) is 0 Å². The van der Waals surface area contributed by atoms with E-state index in [9.17, 15) is 27.9 Å². The number of aromatic carboxylic acids is 1. The molecular weight excluding hydrogens is 535 g/mol. The summed E-state index contributed by atoms with van der Waals surface area (Å²) in [5.74, 6) is -1.06. The smallest absolute Gasteiger partial charge is 0.416 e. The summed E-state index contributed by atoms with van der Waals surface area (Å²) in [5, 5.41) is 12.1. The molecule has 3 aromatic carbocycles. The summed E-state index contributed by atoms with van der Waals surface area (Å²) < 4.78 is 43.3. The van der Waals surface area contributed by atoms with E-state index in [-0.39, 0.29) is 12.1 Å². The molecule has 1 atom stereocenters. The van der Waals surface area contributed by atoms with Gasteiger partial charge in [0.25, 0.3) is 0 Å². The molecule has 1 heterocycles. The van der Waals surface area contributed by atoms with Crippen molar-refractivity contribution >= 4 is 12.1 Å². The summed E-state index contributed by atoms with van der Waals surface area (Å²) in [4.78, 5) is 27.9. The van der Waals surface area contributed by atoms with Gasteiger partial charge in [0.2, 0.25) is 0 Å². The molecule has 0 spiro atoms. The fraction of sp³-hybridized carbons (Fsp3) is 0.194. The highest BCUT2D eigenvalue weighted by Crippen LogP contribution is 2.30. The summed E-state index contributed by atoms with van der Waals surface area (Å²) in [6.45, 7) is 2.30. The van der Waals surface area contributed by atoms with Gasteiger partial charge < -0.3 is 20.9 Å². The summed E-state index contributed by atoms with van der Waals surface area (Å²) in [5.41, 5.74) is 8.02. The Kier molecular flexibility index (Phi) is 11.0. The number of nitrogens with one attached hydrogen (secondary N) is 1. The minimum atomic E-state index is -4.44. The van der Waals surface area contributed by atoms with E-state index in [4.69, 9.17) is 10.5 Å². The molecular formula is C31H30F3N3O4. The Morgan fingerprint density at radius 3 is 2.17 bits per heavy atom. The Labute approximate surface area is 235 Å². The molecule has 0 fully saturated rings. The van der Waals surface area contributed by atoms with E-state index in [1.807, 2.05) is 18.2 Å². The van der Waals surface area contributed by atoms with E-state index in [2.05, 4.69) is 10.3 Å². The second kappa shape index (κ2) is 14.6. The number of rotatable bonds is 8. The molecule has 10 heteroatoms. The summed E-state index contributed by atoms with van der Waals surface area (Å²) in [6, 6.07) is 23.8. The van der Waals surface area contributed by atoms with Crippen LogP contribution in [0.1, 0.15) is 45.8 Å². The number of halogens is 3. The van der Waals surface area contributed by atoms with Crippen LogP contribution in [0.5, 0.6) is 0 Å². The predicted octanol–water partition coefficient (Wildman–Crippen LogP) is 6.64. The fourth-order valence-corrected chi connectivity index (χ4v) is 3.92. The number of pyridine rings is 1. The van der Waals surface area contributed by atoms with Gasteiger partial charge in [0.1, 0.15) is 6.10 Å². The molecule has 0 aliphatic carbocycles. The zero-order valence-electron chi connectivity index (χ0n) is 22.3. The van der Waals surface area contributed by atoms with Crippen molar-refractivity contribution in [2.45, 2.75) is 32.2 Å². The van der Waals surface area contributed by atoms with Crippen LogP contribution < -0.4 is 11.1 Å². The summed E-state index contributed by atoms with van der Waals surface area (Å²) >= 11 is 0. The molecule has 0 unspecified atom stereocenters. The normalized spacial score (nSPS) is 11.5. The highest BCUT2D eigenvalue weighted by atomic mass is 19.4. The third-order valence-corrected chi connectivity index (χ3v) is 6.01. The monoisotopic (exact) mass is 565 g/mol. The van der Waals surface area contributed by atoms with Gasteiger partial charge in [-0.1, -0.05) is 60.7 Å². The van der Waals surface area contributed by atoms with E-state index >= 15 is 0 Å².